The fraction of sp³-hybridized carbons (Fsp3) is 0.100. The molecular formula is C20H14ClN3O2S. The minimum absolute atomic E-state index is 0.233. The van der Waals surface area contributed by atoms with E-state index in [2.05, 4.69) is 16.4 Å². The van der Waals surface area contributed by atoms with Crippen LogP contribution in [0.1, 0.15) is 10.6 Å². The number of fused-ring (bicyclic) bond motifs is 1. The van der Waals surface area contributed by atoms with Gasteiger partial charge in [0.1, 0.15) is 16.6 Å². The number of nitriles is 1. The first kappa shape index (κ1) is 17.4. The summed E-state index contributed by atoms with van der Waals surface area (Å²) in [5.41, 5.74) is 3.96. The molecule has 0 spiro atoms. The predicted octanol–water partition coefficient (Wildman–Crippen LogP) is 5.48. The van der Waals surface area contributed by atoms with Crippen LogP contribution in [-0.4, -0.2) is 11.8 Å². The predicted molar refractivity (Wildman–Crippen MR) is 107 cm³/mol. The molecule has 1 aromatic heterocycles. The normalized spacial score (nSPS) is 12.7. The van der Waals surface area contributed by atoms with Crippen molar-refractivity contribution in [1.82, 2.24) is 4.98 Å². The Balaban J connectivity index is 1.57. The molecule has 0 saturated heterocycles. The highest BCUT2D eigenvalue weighted by atomic mass is 35.5. The maximum Gasteiger partial charge on any atom is 0.231 e. The average Bonchev–Trinajstić information content (AvgIpc) is 3.34. The molecule has 0 radical (unpaired) electrons. The van der Waals surface area contributed by atoms with Crippen molar-refractivity contribution in [2.75, 3.05) is 12.1 Å². The lowest BCUT2D eigenvalue weighted by Crippen LogP contribution is -1.92. The third kappa shape index (κ3) is 3.61. The molecule has 0 fully saturated rings. The summed E-state index contributed by atoms with van der Waals surface area (Å²) >= 11 is 7.55. The molecule has 1 aliphatic heterocycles. The van der Waals surface area contributed by atoms with Crippen LogP contribution in [0, 0.1) is 18.3 Å². The Bertz CT molecular complexity index is 1090. The Labute approximate surface area is 165 Å². The second-order valence-corrected chi connectivity index (χ2v) is 7.15. The molecule has 0 bridgehead atoms. The van der Waals surface area contributed by atoms with Crippen LogP contribution in [0.4, 0.5) is 5.69 Å². The summed E-state index contributed by atoms with van der Waals surface area (Å²) in [6.45, 7) is 2.17. The molecule has 0 atom stereocenters. The molecule has 3 aromatic rings. The third-order valence-electron chi connectivity index (χ3n) is 4.08. The smallest absolute Gasteiger partial charge is 0.231 e. The number of aromatic nitrogens is 1. The number of hydrogen-bond acceptors (Lipinski definition) is 6. The van der Waals surface area contributed by atoms with Crippen molar-refractivity contribution in [3.63, 3.8) is 0 Å². The molecule has 134 valence electrons. The molecule has 1 aliphatic rings. The van der Waals surface area contributed by atoms with Crippen molar-refractivity contribution in [3.05, 3.63) is 63.6 Å². The Morgan fingerprint density at radius 3 is 2.93 bits per heavy atom. The molecule has 27 heavy (non-hydrogen) atoms. The van der Waals surface area contributed by atoms with Gasteiger partial charge in [0.15, 0.2) is 11.5 Å². The molecule has 5 nitrogen and oxygen atoms in total. The fourth-order valence-corrected chi connectivity index (χ4v) is 3.54. The van der Waals surface area contributed by atoms with Crippen molar-refractivity contribution in [3.8, 4) is 28.8 Å². The largest absolute Gasteiger partial charge is 0.454 e. The molecule has 0 amide bonds. The van der Waals surface area contributed by atoms with Crippen molar-refractivity contribution in [1.29, 1.82) is 5.26 Å². The lowest BCUT2D eigenvalue weighted by Gasteiger charge is -2.04. The van der Waals surface area contributed by atoms with Crippen molar-refractivity contribution in [2.24, 2.45) is 0 Å². The molecule has 0 aliphatic carbocycles. The fourth-order valence-electron chi connectivity index (χ4n) is 2.57. The molecule has 1 N–H and O–H groups in total. The number of anilines is 1. The lowest BCUT2D eigenvalue weighted by atomic mass is 10.1. The van der Waals surface area contributed by atoms with Gasteiger partial charge in [-0.15, -0.1) is 11.3 Å². The van der Waals surface area contributed by atoms with Crippen LogP contribution in [0.5, 0.6) is 11.5 Å². The minimum Gasteiger partial charge on any atom is -0.454 e. The second kappa shape index (κ2) is 7.31. The van der Waals surface area contributed by atoms with E-state index in [-0.39, 0.29) is 6.79 Å². The van der Waals surface area contributed by atoms with Crippen LogP contribution < -0.4 is 14.8 Å². The topological polar surface area (TPSA) is 67.2 Å². The number of nitrogens with zero attached hydrogens (tertiary/aromatic N) is 2. The molecular weight excluding hydrogens is 382 g/mol. The second-order valence-electron chi connectivity index (χ2n) is 5.88. The van der Waals surface area contributed by atoms with Gasteiger partial charge in [-0.05, 0) is 42.8 Å². The monoisotopic (exact) mass is 395 g/mol. The van der Waals surface area contributed by atoms with Gasteiger partial charge in [0.05, 0.1) is 5.69 Å². The average molecular weight is 396 g/mol. The number of rotatable bonds is 4. The molecule has 7 heteroatoms. The maximum atomic E-state index is 9.51. The van der Waals surface area contributed by atoms with Gasteiger partial charge >= 0.3 is 0 Å². The minimum atomic E-state index is 0.233. The van der Waals surface area contributed by atoms with Crippen LogP contribution in [0.15, 0.2) is 48.0 Å². The van der Waals surface area contributed by atoms with E-state index in [4.69, 9.17) is 21.1 Å². The third-order valence-corrected chi connectivity index (χ3v) is 5.36. The van der Waals surface area contributed by atoms with Gasteiger partial charge in [0.2, 0.25) is 6.79 Å². The highest BCUT2D eigenvalue weighted by Crippen LogP contribution is 2.36. The first-order chi connectivity index (χ1) is 13.1. The molecule has 2 heterocycles. The Kier molecular flexibility index (Phi) is 4.71. The van der Waals surface area contributed by atoms with Gasteiger partial charge in [-0.1, -0.05) is 17.7 Å². The number of hydrogen-bond donors (Lipinski definition) is 1. The van der Waals surface area contributed by atoms with Gasteiger partial charge in [-0.2, -0.15) is 5.26 Å². The summed E-state index contributed by atoms with van der Waals surface area (Å²) in [5, 5.41) is 15.8. The van der Waals surface area contributed by atoms with Gasteiger partial charge < -0.3 is 14.8 Å². The van der Waals surface area contributed by atoms with Crippen LogP contribution in [0.3, 0.4) is 0 Å². The van der Waals surface area contributed by atoms with E-state index in [1.54, 1.807) is 6.20 Å². The van der Waals surface area contributed by atoms with E-state index in [9.17, 15) is 5.26 Å². The summed E-state index contributed by atoms with van der Waals surface area (Å²) in [6.07, 6.45) is 1.64. The van der Waals surface area contributed by atoms with Gasteiger partial charge in [0, 0.05) is 27.9 Å². The highest BCUT2D eigenvalue weighted by molar-refractivity contribution is 7.11. The van der Waals surface area contributed by atoms with E-state index in [0.717, 1.165) is 28.3 Å². The van der Waals surface area contributed by atoms with Crippen LogP contribution in [0.2, 0.25) is 5.02 Å². The highest BCUT2D eigenvalue weighted by Gasteiger charge is 2.16. The SMILES string of the molecule is Cc1ccc(NC=C(C#N)c2nc(-c3ccc4c(c3)OCO4)cs2)cc1Cl. The molecule has 0 unspecified atom stereocenters. The maximum absolute atomic E-state index is 9.51. The van der Waals surface area contributed by atoms with Gasteiger partial charge in [-0.25, -0.2) is 4.98 Å². The number of halogens is 1. The lowest BCUT2D eigenvalue weighted by molar-refractivity contribution is 0.174. The van der Waals surface area contributed by atoms with Gasteiger partial charge in [-0.3, -0.25) is 0 Å². The Morgan fingerprint density at radius 1 is 1.26 bits per heavy atom. The number of thiazole rings is 1. The first-order valence-electron chi connectivity index (χ1n) is 8.13. The zero-order chi connectivity index (χ0) is 18.8. The van der Waals surface area contributed by atoms with Crippen molar-refractivity contribution in [2.45, 2.75) is 6.92 Å². The van der Waals surface area contributed by atoms with E-state index in [0.29, 0.717) is 21.4 Å². The summed E-state index contributed by atoms with van der Waals surface area (Å²) in [6, 6.07) is 13.5. The zero-order valence-electron chi connectivity index (χ0n) is 14.3. The van der Waals surface area contributed by atoms with Gasteiger partial charge in [0.25, 0.3) is 0 Å². The Morgan fingerprint density at radius 2 is 2.11 bits per heavy atom. The van der Waals surface area contributed by atoms with E-state index < -0.39 is 0 Å². The van der Waals surface area contributed by atoms with Crippen molar-refractivity contribution < 1.29 is 9.47 Å². The standard InChI is InChI=1S/C20H14ClN3O2S/c1-12-2-4-15(7-16(12)21)23-9-14(8-22)20-24-17(10-27-20)13-3-5-18-19(6-13)26-11-25-18/h2-7,9-10,23H,11H2,1H3. The number of benzene rings is 2. The van der Waals surface area contributed by atoms with E-state index in [1.807, 2.05) is 48.7 Å². The first-order valence-corrected chi connectivity index (χ1v) is 9.38. The number of nitrogens with one attached hydrogen (secondary N) is 1. The number of aryl methyl sites for hydroxylation is 1. The molecule has 0 saturated carbocycles. The molecule has 4 rings (SSSR count). The number of allylic oxidation sites excluding steroid dienone is 1. The number of ether oxygens (including phenoxy) is 2. The summed E-state index contributed by atoms with van der Waals surface area (Å²) in [7, 11) is 0. The van der Waals surface area contributed by atoms with Crippen LogP contribution >= 0.6 is 22.9 Å². The van der Waals surface area contributed by atoms with Crippen LogP contribution in [0.25, 0.3) is 16.8 Å². The summed E-state index contributed by atoms with van der Waals surface area (Å²) in [4.78, 5) is 4.59. The zero-order valence-corrected chi connectivity index (χ0v) is 15.9. The Hall–Kier alpha value is -3.01. The summed E-state index contributed by atoms with van der Waals surface area (Å²) < 4.78 is 10.7. The molecule has 2 aromatic carbocycles. The van der Waals surface area contributed by atoms with Crippen molar-refractivity contribution >= 4 is 34.2 Å². The van der Waals surface area contributed by atoms with E-state index >= 15 is 0 Å². The van der Waals surface area contributed by atoms with E-state index in [1.165, 1.54) is 11.3 Å². The quantitative estimate of drug-likeness (QED) is 0.592. The van der Waals surface area contributed by atoms with Crippen LogP contribution in [-0.2, 0) is 0 Å². The summed E-state index contributed by atoms with van der Waals surface area (Å²) in [5.74, 6) is 1.43.